The Balaban J connectivity index is 2.60. The fourth-order valence-electron chi connectivity index (χ4n) is 0.879. The van der Waals surface area contributed by atoms with Gasteiger partial charge in [0, 0.05) is 5.25 Å². The van der Waals surface area contributed by atoms with Crippen molar-refractivity contribution in [3.63, 3.8) is 0 Å². The van der Waals surface area contributed by atoms with Gasteiger partial charge in [0.25, 0.3) is 0 Å². The molecule has 1 atom stereocenters. The maximum Gasteiger partial charge on any atom is 0.0320 e. The van der Waals surface area contributed by atoms with Crippen LogP contribution in [-0.4, -0.2) is 5.25 Å². The third-order valence-electron chi connectivity index (χ3n) is 1.55. The molecule has 0 aromatic rings. The minimum atomic E-state index is 0.395. The Hall–Kier alpha value is -0.170. The predicted octanol–water partition coefficient (Wildman–Crippen LogP) is 3.22. The van der Waals surface area contributed by atoms with Crippen LogP contribution in [0.15, 0.2) is 23.6 Å². The van der Waals surface area contributed by atoms with Crippen LogP contribution in [0.1, 0.15) is 20.8 Å². The van der Waals surface area contributed by atoms with Crippen LogP contribution in [0.25, 0.3) is 0 Å². The topological polar surface area (TPSA) is 0 Å². The fraction of sp³-hybridized carbons (Fsp3) is 0.556. The minimum Gasteiger partial charge on any atom is -0.126 e. The van der Waals surface area contributed by atoms with Crippen LogP contribution in [0.3, 0.4) is 0 Å². The molecular formula is C9H14S. The highest BCUT2D eigenvalue weighted by atomic mass is 32.2. The highest BCUT2D eigenvalue weighted by Crippen LogP contribution is 2.33. The largest absolute Gasteiger partial charge is 0.126 e. The van der Waals surface area contributed by atoms with Gasteiger partial charge in [0.1, 0.15) is 0 Å². The average Bonchev–Trinajstić information content (AvgIpc) is 1.88. The highest BCUT2D eigenvalue weighted by Gasteiger charge is 2.22. The molecule has 1 rings (SSSR count). The van der Waals surface area contributed by atoms with Crippen molar-refractivity contribution < 1.29 is 0 Å². The molecule has 56 valence electrons. The molecule has 0 fully saturated rings. The molecule has 1 heterocycles. The van der Waals surface area contributed by atoms with Crippen molar-refractivity contribution in [2.45, 2.75) is 26.0 Å². The van der Waals surface area contributed by atoms with E-state index in [4.69, 9.17) is 0 Å². The van der Waals surface area contributed by atoms with E-state index in [1.165, 1.54) is 0 Å². The second-order valence-corrected chi connectivity index (χ2v) is 4.69. The quantitative estimate of drug-likeness (QED) is 0.516. The summed E-state index contributed by atoms with van der Waals surface area (Å²) in [5.74, 6) is 0. The molecule has 0 nitrogen and oxygen atoms in total. The summed E-state index contributed by atoms with van der Waals surface area (Å²) >= 11 is 1.90. The predicted molar refractivity (Wildman–Crippen MR) is 49.1 cm³/mol. The third-order valence-corrected chi connectivity index (χ3v) is 3.03. The van der Waals surface area contributed by atoms with Crippen LogP contribution in [-0.2, 0) is 0 Å². The molecular weight excluding hydrogens is 140 g/mol. The maximum absolute atomic E-state index is 2.27. The molecule has 0 aromatic carbocycles. The standard InChI is InChI=1S/C9H14S/c1-9(2,3)8-6-4-5-7-10-8/h4-8H,1-3H3. The molecule has 0 N–H and O–H groups in total. The molecule has 0 bridgehead atoms. The van der Waals surface area contributed by atoms with Gasteiger partial charge in [-0.2, -0.15) is 0 Å². The van der Waals surface area contributed by atoms with Crippen LogP contribution < -0.4 is 0 Å². The molecule has 0 aromatic heterocycles. The van der Waals surface area contributed by atoms with Crippen molar-refractivity contribution in [1.82, 2.24) is 0 Å². The Kier molecular flexibility index (Phi) is 2.24. The Labute approximate surface area is 67.4 Å². The van der Waals surface area contributed by atoms with Gasteiger partial charge in [-0.15, -0.1) is 11.8 Å². The Bertz CT molecular complexity index is 160. The SMILES string of the molecule is CC(C)(C)C1C=CC=CS1. The number of thioether (sulfide) groups is 1. The number of allylic oxidation sites excluding steroid dienone is 2. The average molecular weight is 154 g/mol. The van der Waals surface area contributed by atoms with Crippen molar-refractivity contribution in [1.29, 1.82) is 0 Å². The summed E-state index contributed by atoms with van der Waals surface area (Å²) < 4.78 is 0. The van der Waals surface area contributed by atoms with E-state index in [1.807, 2.05) is 11.8 Å². The van der Waals surface area contributed by atoms with Crippen LogP contribution in [0.4, 0.5) is 0 Å². The molecule has 0 amide bonds. The van der Waals surface area contributed by atoms with Gasteiger partial charge in [0.05, 0.1) is 0 Å². The highest BCUT2D eigenvalue weighted by molar-refractivity contribution is 8.03. The van der Waals surface area contributed by atoms with Crippen LogP contribution in [0.2, 0.25) is 0 Å². The molecule has 10 heavy (non-hydrogen) atoms. The van der Waals surface area contributed by atoms with Crippen LogP contribution >= 0.6 is 11.8 Å². The summed E-state index contributed by atoms with van der Waals surface area (Å²) in [5, 5.41) is 2.81. The van der Waals surface area contributed by atoms with Gasteiger partial charge in [-0.3, -0.25) is 0 Å². The summed E-state index contributed by atoms with van der Waals surface area (Å²) in [5.41, 5.74) is 0.395. The monoisotopic (exact) mass is 154 g/mol. The van der Waals surface area contributed by atoms with Gasteiger partial charge in [-0.25, -0.2) is 0 Å². The van der Waals surface area contributed by atoms with Gasteiger partial charge in [-0.1, -0.05) is 39.0 Å². The van der Waals surface area contributed by atoms with Gasteiger partial charge in [0.2, 0.25) is 0 Å². The van der Waals surface area contributed by atoms with E-state index in [0.717, 1.165) is 0 Å². The van der Waals surface area contributed by atoms with Gasteiger partial charge in [-0.05, 0) is 10.8 Å². The van der Waals surface area contributed by atoms with Crippen LogP contribution in [0.5, 0.6) is 0 Å². The first-order valence-electron chi connectivity index (χ1n) is 3.59. The first-order chi connectivity index (χ1) is 4.61. The van der Waals surface area contributed by atoms with E-state index < -0.39 is 0 Å². The number of hydrogen-bond donors (Lipinski definition) is 0. The molecule has 1 unspecified atom stereocenters. The van der Waals surface area contributed by atoms with E-state index in [0.29, 0.717) is 10.7 Å². The zero-order chi connectivity index (χ0) is 7.61. The van der Waals surface area contributed by atoms with Gasteiger partial charge in [0.15, 0.2) is 0 Å². The molecule has 0 spiro atoms. The normalized spacial score (nSPS) is 25.3. The third kappa shape index (κ3) is 1.91. The molecule has 0 aliphatic carbocycles. The van der Waals surface area contributed by atoms with Crippen molar-refractivity contribution in [2.24, 2.45) is 5.41 Å². The summed E-state index contributed by atoms with van der Waals surface area (Å²) in [4.78, 5) is 0. The number of rotatable bonds is 0. The fourth-order valence-corrected chi connectivity index (χ4v) is 1.82. The lowest BCUT2D eigenvalue weighted by atomic mass is 9.91. The smallest absolute Gasteiger partial charge is 0.0320 e. The second-order valence-electron chi connectivity index (χ2n) is 3.64. The lowest BCUT2D eigenvalue weighted by Crippen LogP contribution is -2.20. The Morgan fingerprint density at radius 1 is 1.20 bits per heavy atom. The van der Waals surface area contributed by atoms with Crippen molar-refractivity contribution in [3.8, 4) is 0 Å². The summed E-state index contributed by atoms with van der Waals surface area (Å²) in [6.07, 6.45) is 6.49. The van der Waals surface area contributed by atoms with E-state index in [9.17, 15) is 0 Å². The molecule has 1 heteroatoms. The second kappa shape index (κ2) is 2.83. The lowest BCUT2D eigenvalue weighted by Gasteiger charge is -2.27. The molecule has 1 aliphatic heterocycles. The van der Waals surface area contributed by atoms with E-state index in [1.54, 1.807) is 0 Å². The van der Waals surface area contributed by atoms with Gasteiger partial charge >= 0.3 is 0 Å². The first kappa shape index (κ1) is 7.93. The Morgan fingerprint density at radius 3 is 2.20 bits per heavy atom. The van der Waals surface area contributed by atoms with Crippen molar-refractivity contribution in [2.75, 3.05) is 0 Å². The van der Waals surface area contributed by atoms with Crippen molar-refractivity contribution in [3.05, 3.63) is 23.6 Å². The minimum absolute atomic E-state index is 0.395. The molecule has 0 saturated carbocycles. The van der Waals surface area contributed by atoms with Crippen molar-refractivity contribution >= 4 is 11.8 Å². The zero-order valence-corrected chi connectivity index (χ0v) is 7.61. The number of hydrogen-bond acceptors (Lipinski definition) is 1. The summed E-state index contributed by atoms with van der Waals surface area (Å²) in [7, 11) is 0. The molecule has 0 saturated heterocycles. The Morgan fingerprint density at radius 2 is 1.90 bits per heavy atom. The molecule has 1 aliphatic rings. The summed E-state index contributed by atoms with van der Waals surface area (Å²) in [6, 6.07) is 0. The van der Waals surface area contributed by atoms with Crippen LogP contribution in [0, 0.1) is 5.41 Å². The lowest BCUT2D eigenvalue weighted by molar-refractivity contribution is 0.433. The zero-order valence-electron chi connectivity index (χ0n) is 6.79. The van der Waals surface area contributed by atoms with Gasteiger partial charge < -0.3 is 0 Å². The van der Waals surface area contributed by atoms with E-state index >= 15 is 0 Å². The first-order valence-corrected chi connectivity index (χ1v) is 4.54. The summed E-state index contributed by atoms with van der Waals surface area (Å²) in [6.45, 7) is 6.82. The van der Waals surface area contributed by atoms with E-state index in [-0.39, 0.29) is 0 Å². The maximum atomic E-state index is 2.27. The molecule has 0 radical (unpaired) electrons. The van der Waals surface area contributed by atoms with E-state index in [2.05, 4.69) is 44.4 Å².